The normalized spacial score (nSPS) is 23.8. The van der Waals surface area contributed by atoms with Gasteiger partial charge >= 0.3 is 0 Å². The maximum absolute atomic E-state index is 5.51. The van der Waals surface area contributed by atoms with Crippen LogP contribution in [0.3, 0.4) is 0 Å². The Labute approximate surface area is 200 Å². The molecule has 3 aromatic rings. The highest BCUT2D eigenvalue weighted by Gasteiger charge is 2.41. The fourth-order valence-corrected chi connectivity index (χ4v) is 5.53. The number of nitrogens with one attached hydrogen (secondary N) is 2. The summed E-state index contributed by atoms with van der Waals surface area (Å²) in [5, 5.41) is 12.2. The fraction of sp³-hybridized carbons (Fsp3) is 0.385. The second-order valence-electron chi connectivity index (χ2n) is 9.05. The summed E-state index contributed by atoms with van der Waals surface area (Å²) in [6.45, 7) is 3.12. The lowest BCUT2D eigenvalue weighted by molar-refractivity contribution is 0.0303. The van der Waals surface area contributed by atoms with Gasteiger partial charge in [0.15, 0.2) is 5.11 Å². The molecule has 2 aromatic carbocycles. The number of hydrogen-bond donors (Lipinski definition) is 2. The SMILES string of the molecule is COc1ccc(-c2cc(C3CN4CCC3CC4CNC(=S)Nc3ccccc3)n(C)n2)cc1. The summed E-state index contributed by atoms with van der Waals surface area (Å²) >= 11 is 5.51. The van der Waals surface area contributed by atoms with E-state index in [0.29, 0.717) is 23.0 Å². The molecular formula is C26H31N5OS. The van der Waals surface area contributed by atoms with Crippen LogP contribution in [-0.2, 0) is 7.05 Å². The van der Waals surface area contributed by atoms with E-state index in [1.54, 1.807) is 7.11 Å². The van der Waals surface area contributed by atoms with Crippen molar-refractivity contribution in [1.82, 2.24) is 20.0 Å². The Morgan fingerprint density at radius 2 is 1.94 bits per heavy atom. The topological polar surface area (TPSA) is 54.4 Å². The van der Waals surface area contributed by atoms with E-state index in [9.17, 15) is 0 Å². The van der Waals surface area contributed by atoms with Crippen LogP contribution in [0.15, 0.2) is 60.7 Å². The van der Waals surface area contributed by atoms with Crippen LogP contribution in [0.25, 0.3) is 11.3 Å². The van der Waals surface area contributed by atoms with E-state index in [0.717, 1.165) is 42.3 Å². The van der Waals surface area contributed by atoms with Crippen molar-refractivity contribution in [3.05, 3.63) is 66.4 Å². The molecule has 0 radical (unpaired) electrons. The van der Waals surface area contributed by atoms with Crippen molar-refractivity contribution in [2.24, 2.45) is 13.0 Å². The summed E-state index contributed by atoms with van der Waals surface area (Å²) in [7, 11) is 3.77. The van der Waals surface area contributed by atoms with Crippen LogP contribution in [0.2, 0.25) is 0 Å². The minimum atomic E-state index is 0.518. The standard InChI is InChI=1S/C26H31N5OS/c1-30-25(15-24(29-30)18-8-10-22(32-2)11-9-18)23-17-31-13-12-19(23)14-21(31)16-27-26(33)28-20-6-4-3-5-7-20/h3-11,15,19,21,23H,12-14,16-17H2,1-2H3,(H2,27,28,33). The maximum atomic E-state index is 5.51. The van der Waals surface area contributed by atoms with Gasteiger partial charge in [0.1, 0.15) is 5.75 Å². The molecule has 2 bridgehead atoms. The van der Waals surface area contributed by atoms with Gasteiger partial charge in [-0.1, -0.05) is 18.2 Å². The molecule has 1 aromatic heterocycles. The first-order valence-electron chi connectivity index (χ1n) is 11.6. The summed E-state index contributed by atoms with van der Waals surface area (Å²) in [4.78, 5) is 2.63. The summed E-state index contributed by atoms with van der Waals surface area (Å²) in [5.41, 5.74) is 4.51. The van der Waals surface area contributed by atoms with Crippen LogP contribution in [0.4, 0.5) is 5.69 Å². The van der Waals surface area contributed by atoms with E-state index in [2.05, 4.69) is 45.5 Å². The molecule has 3 aliphatic heterocycles. The Bertz CT molecular complexity index is 1100. The lowest BCUT2D eigenvalue weighted by Crippen LogP contribution is -2.56. The Morgan fingerprint density at radius 3 is 2.64 bits per heavy atom. The minimum Gasteiger partial charge on any atom is -0.497 e. The van der Waals surface area contributed by atoms with Crippen molar-refractivity contribution < 1.29 is 4.74 Å². The molecule has 172 valence electrons. The molecule has 4 heterocycles. The molecule has 0 aliphatic carbocycles. The third-order valence-corrected chi connectivity index (χ3v) is 7.34. The van der Waals surface area contributed by atoms with Gasteiger partial charge in [0, 0.05) is 49.0 Å². The summed E-state index contributed by atoms with van der Waals surface area (Å²) < 4.78 is 7.37. The molecule has 2 N–H and O–H groups in total. The van der Waals surface area contributed by atoms with Gasteiger partial charge in [-0.05, 0) is 80.0 Å². The van der Waals surface area contributed by atoms with Gasteiger partial charge in [-0.2, -0.15) is 5.10 Å². The number of fused-ring (bicyclic) bond motifs is 3. The monoisotopic (exact) mass is 461 g/mol. The first-order valence-corrected chi connectivity index (χ1v) is 12.0. The molecule has 3 aliphatic rings. The van der Waals surface area contributed by atoms with E-state index in [4.69, 9.17) is 22.1 Å². The van der Waals surface area contributed by atoms with Crippen LogP contribution in [0.1, 0.15) is 24.5 Å². The van der Waals surface area contributed by atoms with E-state index in [-0.39, 0.29) is 0 Å². The van der Waals surface area contributed by atoms with Crippen LogP contribution >= 0.6 is 12.2 Å². The fourth-order valence-electron chi connectivity index (χ4n) is 5.32. The number of nitrogens with zero attached hydrogens (tertiary/aromatic N) is 3. The van der Waals surface area contributed by atoms with Crippen LogP contribution in [0.5, 0.6) is 5.75 Å². The number of piperidine rings is 3. The predicted molar refractivity (Wildman–Crippen MR) is 137 cm³/mol. The molecule has 0 amide bonds. The molecule has 4 atom stereocenters. The van der Waals surface area contributed by atoms with Gasteiger partial charge in [0.05, 0.1) is 12.8 Å². The average molecular weight is 462 g/mol. The highest BCUT2D eigenvalue weighted by atomic mass is 32.1. The molecule has 33 heavy (non-hydrogen) atoms. The Hall–Kier alpha value is -2.90. The number of aryl methyl sites for hydroxylation is 1. The maximum Gasteiger partial charge on any atom is 0.170 e. The zero-order valence-corrected chi connectivity index (χ0v) is 20.0. The van der Waals surface area contributed by atoms with E-state index in [1.165, 1.54) is 18.5 Å². The zero-order valence-electron chi connectivity index (χ0n) is 19.2. The molecule has 6 rings (SSSR count). The van der Waals surface area contributed by atoms with Crippen LogP contribution in [-0.4, -0.2) is 52.6 Å². The van der Waals surface area contributed by atoms with Crippen molar-refractivity contribution in [2.75, 3.05) is 32.1 Å². The lowest BCUT2D eigenvalue weighted by atomic mass is 9.74. The second-order valence-corrected chi connectivity index (χ2v) is 9.46. The summed E-state index contributed by atoms with van der Waals surface area (Å²) in [5.74, 6) is 2.07. The van der Waals surface area contributed by atoms with Crippen molar-refractivity contribution in [2.45, 2.75) is 24.8 Å². The number of hydrogen-bond acceptors (Lipinski definition) is 4. The largest absolute Gasteiger partial charge is 0.497 e. The van der Waals surface area contributed by atoms with Crippen LogP contribution < -0.4 is 15.4 Å². The number of aromatic nitrogens is 2. The quantitative estimate of drug-likeness (QED) is 0.535. The van der Waals surface area contributed by atoms with Crippen molar-refractivity contribution in [1.29, 1.82) is 0 Å². The van der Waals surface area contributed by atoms with Gasteiger partial charge < -0.3 is 15.4 Å². The van der Waals surface area contributed by atoms with Gasteiger partial charge in [-0.15, -0.1) is 0 Å². The average Bonchev–Trinajstić information content (AvgIpc) is 3.25. The number of rotatable bonds is 6. The van der Waals surface area contributed by atoms with Crippen molar-refractivity contribution >= 4 is 23.0 Å². The van der Waals surface area contributed by atoms with Crippen molar-refractivity contribution in [3.8, 4) is 17.0 Å². The molecule has 3 saturated heterocycles. The number of para-hydroxylation sites is 1. The number of ether oxygens (including phenoxy) is 1. The molecular weight excluding hydrogens is 430 g/mol. The highest BCUT2D eigenvalue weighted by Crippen LogP contribution is 2.42. The Balaban J connectivity index is 1.21. The zero-order chi connectivity index (χ0) is 22.8. The molecule has 4 unspecified atom stereocenters. The molecule has 6 nitrogen and oxygen atoms in total. The van der Waals surface area contributed by atoms with E-state index in [1.807, 2.05) is 42.5 Å². The van der Waals surface area contributed by atoms with Gasteiger partial charge in [0.2, 0.25) is 0 Å². The van der Waals surface area contributed by atoms with Gasteiger partial charge in [-0.3, -0.25) is 9.58 Å². The third kappa shape index (κ3) is 4.75. The summed E-state index contributed by atoms with van der Waals surface area (Å²) in [6, 6.07) is 21.0. The van der Waals surface area contributed by atoms with Crippen molar-refractivity contribution in [3.63, 3.8) is 0 Å². The molecule has 0 spiro atoms. The molecule has 7 heteroatoms. The third-order valence-electron chi connectivity index (χ3n) is 7.09. The second kappa shape index (κ2) is 9.53. The first-order chi connectivity index (χ1) is 16.1. The predicted octanol–water partition coefficient (Wildman–Crippen LogP) is 4.26. The van der Waals surface area contributed by atoms with Crippen LogP contribution in [0, 0.1) is 5.92 Å². The lowest BCUT2D eigenvalue weighted by Gasteiger charge is -2.50. The highest BCUT2D eigenvalue weighted by molar-refractivity contribution is 7.80. The van der Waals surface area contributed by atoms with E-state index >= 15 is 0 Å². The smallest absolute Gasteiger partial charge is 0.170 e. The number of thiocarbonyl (C=S) groups is 1. The van der Waals surface area contributed by atoms with Gasteiger partial charge in [-0.25, -0.2) is 0 Å². The van der Waals surface area contributed by atoms with Gasteiger partial charge in [0.25, 0.3) is 0 Å². The first kappa shape index (κ1) is 21.9. The molecule has 3 fully saturated rings. The number of anilines is 1. The van der Waals surface area contributed by atoms with E-state index < -0.39 is 0 Å². The summed E-state index contributed by atoms with van der Waals surface area (Å²) in [6.07, 6.45) is 2.44. The Morgan fingerprint density at radius 1 is 1.15 bits per heavy atom. The number of methoxy groups -OCH3 is 1. The minimum absolute atomic E-state index is 0.518. The number of benzene rings is 2. The Kier molecular flexibility index (Phi) is 6.33. The molecule has 0 saturated carbocycles.